The first-order valence-corrected chi connectivity index (χ1v) is 10.7. The first-order chi connectivity index (χ1) is 17.0. The van der Waals surface area contributed by atoms with Gasteiger partial charge in [-0.2, -0.15) is 0 Å². The lowest BCUT2D eigenvalue weighted by molar-refractivity contribution is 0.0626. The number of carbonyl (C=O) groups is 1. The Balaban J connectivity index is 1.46. The molecule has 5 aromatic rings. The number of benzene rings is 1. The summed E-state index contributed by atoms with van der Waals surface area (Å²) in [6.45, 7) is 0.153. The molecule has 5 heterocycles. The van der Waals surface area contributed by atoms with E-state index in [1.54, 1.807) is 18.2 Å². The van der Waals surface area contributed by atoms with E-state index in [1.807, 2.05) is 0 Å². The minimum atomic E-state index is -3.06. The van der Waals surface area contributed by atoms with Crippen molar-refractivity contribution in [2.75, 3.05) is 6.54 Å². The third kappa shape index (κ3) is 3.47. The van der Waals surface area contributed by atoms with E-state index in [0.29, 0.717) is 17.7 Å². The zero-order chi connectivity index (χ0) is 24.1. The lowest BCUT2D eigenvalue weighted by Crippen LogP contribution is -2.40. The number of imidazole rings is 1. The first-order valence-electron chi connectivity index (χ1n) is 10.7. The van der Waals surface area contributed by atoms with Gasteiger partial charge in [0.05, 0.1) is 17.4 Å². The van der Waals surface area contributed by atoms with E-state index in [0.717, 1.165) is 5.69 Å². The molecule has 8 nitrogen and oxygen atoms in total. The van der Waals surface area contributed by atoms with Crippen LogP contribution in [0, 0.1) is 5.82 Å². The van der Waals surface area contributed by atoms with Gasteiger partial charge in [-0.15, -0.1) is 0 Å². The number of halogens is 3. The van der Waals surface area contributed by atoms with E-state index < -0.39 is 35.6 Å². The Kier molecular flexibility index (Phi) is 4.90. The van der Waals surface area contributed by atoms with Gasteiger partial charge >= 0.3 is 0 Å². The number of carbonyl (C=O) groups excluding carboxylic acids is 1. The van der Waals surface area contributed by atoms with Gasteiger partial charge in [0, 0.05) is 24.9 Å². The standard InChI is InChI=1S/C24H16F3N5O3/c25-13-4-3-6-16-12(13)10-17(34-16)20-18-14(29-11-30-18)7-9-32(20)24(33)21-19(22(26)27)31-23(35-21)15-5-1-2-8-28-15/h1-6,8,10-11,20,22H,7,9H2,(H,29,30)/t20-/m1/s1. The van der Waals surface area contributed by atoms with Crippen LogP contribution in [0.4, 0.5) is 13.2 Å². The molecule has 1 atom stereocenters. The Morgan fingerprint density at radius 3 is 2.80 bits per heavy atom. The molecule has 11 heteroatoms. The molecule has 0 saturated carbocycles. The Hall–Kier alpha value is -4.41. The van der Waals surface area contributed by atoms with Crippen molar-refractivity contribution in [2.45, 2.75) is 18.9 Å². The molecule has 1 aliphatic rings. The Bertz CT molecular complexity index is 1540. The van der Waals surface area contributed by atoms with Crippen LogP contribution in [0.5, 0.6) is 0 Å². The lowest BCUT2D eigenvalue weighted by Gasteiger charge is -2.33. The number of amides is 1. The molecule has 176 valence electrons. The number of fused-ring (bicyclic) bond motifs is 2. The van der Waals surface area contributed by atoms with Crippen molar-refractivity contribution in [1.29, 1.82) is 0 Å². The van der Waals surface area contributed by atoms with Crippen molar-refractivity contribution in [3.63, 3.8) is 0 Å². The van der Waals surface area contributed by atoms with Crippen LogP contribution in [0.3, 0.4) is 0 Å². The van der Waals surface area contributed by atoms with Crippen LogP contribution in [-0.2, 0) is 6.42 Å². The van der Waals surface area contributed by atoms with Crippen molar-refractivity contribution in [3.8, 4) is 11.6 Å². The largest absolute Gasteiger partial charge is 0.458 e. The van der Waals surface area contributed by atoms with E-state index in [2.05, 4.69) is 19.9 Å². The highest BCUT2D eigenvalue weighted by Gasteiger charge is 2.40. The van der Waals surface area contributed by atoms with Gasteiger partial charge in [-0.05, 0) is 30.3 Å². The third-order valence-corrected chi connectivity index (χ3v) is 5.92. The highest BCUT2D eigenvalue weighted by atomic mass is 19.3. The minimum absolute atomic E-state index is 0.153. The maximum absolute atomic E-state index is 14.4. The summed E-state index contributed by atoms with van der Waals surface area (Å²) in [5, 5.41) is 0.239. The topological polar surface area (TPSA) is 101 Å². The molecule has 0 spiro atoms. The predicted octanol–water partition coefficient (Wildman–Crippen LogP) is 5.07. The lowest BCUT2D eigenvalue weighted by atomic mass is 9.99. The van der Waals surface area contributed by atoms with E-state index >= 15 is 0 Å². The second-order valence-corrected chi connectivity index (χ2v) is 7.97. The van der Waals surface area contributed by atoms with E-state index in [1.165, 1.54) is 41.7 Å². The Morgan fingerprint density at radius 1 is 1.14 bits per heavy atom. The number of hydrogen-bond donors (Lipinski definition) is 1. The van der Waals surface area contributed by atoms with Gasteiger partial charge in [0.1, 0.15) is 28.9 Å². The number of nitrogens with one attached hydrogen (secondary N) is 1. The number of rotatable bonds is 4. The maximum Gasteiger partial charge on any atom is 0.292 e. The number of hydrogen-bond acceptors (Lipinski definition) is 6. The van der Waals surface area contributed by atoms with Gasteiger partial charge in [0.15, 0.2) is 5.69 Å². The average Bonchev–Trinajstić information content (AvgIpc) is 3.61. The molecule has 0 fully saturated rings. The highest BCUT2D eigenvalue weighted by Crippen LogP contribution is 2.39. The Labute approximate surface area is 195 Å². The molecular weight excluding hydrogens is 463 g/mol. The average molecular weight is 479 g/mol. The van der Waals surface area contributed by atoms with Crippen molar-refractivity contribution in [1.82, 2.24) is 24.8 Å². The summed E-state index contributed by atoms with van der Waals surface area (Å²) in [6.07, 6.45) is 0.285. The van der Waals surface area contributed by atoms with Crippen molar-refractivity contribution in [3.05, 3.63) is 89.4 Å². The SMILES string of the molecule is O=C(c1oc(-c2ccccn2)nc1C(F)F)N1CCc2[nH]cnc2[C@H]1c1cc2c(F)cccc2o1. The minimum Gasteiger partial charge on any atom is -0.458 e. The molecule has 0 bridgehead atoms. The summed E-state index contributed by atoms with van der Waals surface area (Å²) in [4.78, 5) is 30.3. The summed E-state index contributed by atoms with van der Waals surface area (Å²) in [7, 11) is 0. The number of pyridine rings is 1. The summed E-state index contributed by atoms with van der Waals surface area (Å²) in [6, 6.07) is 9.86. The summed E-state index contributed by atoms with van der Waals surface area (Å²) >= 11 is 0. The fourth-order valence-corrected chi connectivity index (χ4v) is 4.33. The van der Waals surface area contributed by atoms with Crippen molar-refractivity contribution >= 4 is 16.9 Å². The number of H-pyrrole nitrogens is 1. The highest BCUT2D eigenvalue weighted by molar-refractivity contribution is 5.94. The van der Waals surface area contributed by atoms with E-state index in [-0.39, 0.29) is 29.3 Å². The fraction of sp³-hybridized carbons (Fsp3) is 0.167. The fourth-order valence-electron chi connectivity index (χ4n) is 4.33. The van der Waals surface area contributed by atoms with Gasteiger partial charge in [-0.25, -0.2) is 23.1 Å². The molecule has 1 amide bonds. The van der Waals surface area contributed by atoms with Gasteiger partial charge in [0.25, 0.3) is 12.3 Å². The summed E-state index contributed by atoms with van der Waals surface area (Å²) in [5.41, 5.74) is 0.970. The molecule has 1 N–H and O–H groups in total. The number of oxazole rings is 1. The van der Waals surface area contributed by atoms with Crippen LogP contribution < -0.4 is 0 Å². The van der Waals surface area contributed by atoms with Gasteiger partial charge < -0.3 is 18.7 Å². The molecule has 0 aliphatic carbocycles. The molecule has 35 heavy (non-hydrogen) atoms. The molecular formula is C24H16F3N5O3. The zero-order valence-electron chi connectivity index (χ0n) is 17.9. The van der Waals surface area contributed by atoms with Crippen LogP contribution in [-0.4, -0.2) is 37.3 Å². The summed E-state index contributed by atoms with van der Waals surface area (Å²) in [5.74, 6) is -1.83. The second-order valence-electron chi connectivity index (χ2n) is 7.97. The van der Waals surface area contributed by atoms with Crippen LogP contribution >= 0.6 is 0 Å². The van der Waals surface area contributed by atoms with Crippen LogP contribution in [0.2, 0.25) is 0 Å². The molecule has 0 radical (unpaired) electrons. The van der Waals surface area contributed by atoms with Crippen LogP contribution in [0.25, 0.3) is 22.6 Å². The normalized spacial score (nSPS) is 15.7. The maximum atomic E-state index is 14.4. The predicted molar refractivity (Wildman–Crippen MR) is 116 cm³/mol. The third-order valence-electron chi connectivity index (χ3n) is 5.92. The Morgan fingerprint density at radius 2 is 2.03 bits per heavy atom. The van der Waals surface area contributed by atoms with Crippen molar-refractivity contribution < 1.29 is 26.8 Å². The molecule has 1 aromatic carbocycles. The zero-order valence-corrected chi connectivity index (χ0v) is 17.9. The summed E-state index contributed by atoms with van der Waals surface area (Å²) < 4.78 is 53.6. The van der Waals surface area contributed by atoms with Crippen LogP contribution in [0.1, 0.15) is 45.9 Å². The number of aromatic nitrogens is 4. The van der Waals surface area contributed by atoms with Gasteiger partial charge in [-0.3, -0.25) is 9.78 Å². The first kappa shape index (κ1) is 21.1. The van der Waals surface area contributed by atoms with Crippen molar-refractivity contribution in [2.24, 2.45) is 0 Å². The number of alkyl halides is 2. The quantitative estimate of drug-likeness (QED) is 0.386. The monoisotopic (exact) mass is 479 g/mol. The molecule has 1 aliphatic heterocycles. The molecule has 0 unspecified atom stereocenters. The van der Waals surface area contributed by atoms with Gasteiger partial charge in [0.2, 0.25) is 11.7 Å². The number of aromatic amines is 1. The van der Waals surface area contributed by atoms with Gasteiger partial charge in [-0.1, -0.05) is 12.1 Å². The van der Waals surface area contributed by atoms with Crippen LogP contribution in [0.15, 0.2) is 63.8 Å². The van der Waals surface area contributed by atoms with E-state index in [9.17, 15) is 18.0 Å². The number of nitrogens with zero attached hydrogens (tertiary/aromatic N) is 4. The molecule has 4 aromatic heterocycles. The van der Waals surface area contributed by atoms with E-state index in [4.69, 9.17) is 8.83 Å². The molecule has 0 saturated heterocycles. The molecule has 6 rings (SSSR count). The number of furan rings is 1. The second kappa shape index (κ2) is 8.12. The smallest absolute Gasteiger partial charge is 0.292 e.